The number of nitrogens with one attached hydrogen (secondary N) is 1. The van der Waals surface area contributed by atoms with Crippen LogP contribution in [0.2, 0.25) is 0 Å². The van der Waals surface area contributed by atoms with Crippen LogP contribution in [0.3, 0.4) is 0 Å². The molecule has 0 bridgehead atoms. The lowest BCUT2D eigenvalue weighted by Gasteiger charge is -2.18. The van der Waals surface area contributed by atoms with Gasteiger partial charge in [-0.25, -0.2) is 4.79 Å². The molecule has 25 heavy (non-hydrogen) atoms. The molecule has 1 aliphatic rings. The number of likely N-dealkylation sites (tertiary alicyclic amines) is 1. The number of carbonyl (C=O) groups excluding carboxylic acids is 1. The van der Waals surface area contributed by atoms with Gasteiger partial charge >= 0.3 is 6.03 Å². The van der Waals surface area contributed by atoms with Crippen molar-refractivity contribution in [3.8, 4) is 5.75 Å². The van der Waals surface area contributed by atoms with Crippen molar-refractivity contribution < 1.29 is 14.5 Å². The molecule has 1 aliphatic heterocycles. The topological polar surface area (TPSA) is 84.7 Å². The third kappa shape index (κ3) is 3.71. The molecule has 1 fully saturated rings. The molecular formula is C18H19N3O4. The Balaban J connectivity index is 1.63. The molecule has 0 aromatic heterocycles. The van der Waals surface area contributed by atoms with Crippen LogP contribution in [-0.2, 0) is 0 Å². The molecule has 0 aliphatic carbocycles. The molecule has 0 saturated carbocycles. The summed E-state index contributed by atoms with van der Waals surface area (Å²) >= 11 is 0. The summed E-state index contributed by atoms with van der Waals surface area (Å²) < 4.78 is 5.41. The van der Waals surface area contributed by atoms with E-state index in [1.165, 1.54) is 24.3 Å². The fourth-order valence-electron chi connectivity index (χ4n) is 3.07. The van der Waals surface area contributed by atoms with E-state index >= 15 is 0 Å². The number of hydrogen-bond acceptors (Lipinski definition) is 4. The van der Waals surface area contributed by atoms with Crippen LogP contribution in [0.25, 0.3) is 0 Å². The van der Waals surface area contributed by atoms with Gasteiger partial charge in [0, 0.05) is 36.8 Å². The largest absolute Gasteiger partial charge is 0.496 e. The van der Waals surface area contributed by atoms with Gasteiger partial charge in [-0.3, -0.25) is 10.1 Å². The Bertz CT molecular complexity index is 776. The molecule has 2 amide bonds. The van der Waals surface area contributed by atoms with Crippen molar-refractivity contribution in [3.63, 3.8) is 0 Å². The van der Waals surface area contributed by atoms with Gasteiger partial charge in [-0.15, -0.1) is 0 Å². The van der Waals surface area contributed by atoms with E-state index in [9.17, 15) is 14.9 Å². The quantitative estimate of drug-likeness (QED) is 0.680. The van der Waals surface area contributed by atoms with Gasteiger partial charge < -0.3 is 15.0 Å². The molecular weight excluding hydrogens is 322 g/mol. The first-order valence-electron chi connectivity index (χ1n) is 8.02. The van der Waals surface area contributed by atoms with Crippen LogP contribution in [0.4, 0.5) is 16.2 Å². The number of ether oxygens (including phenoxy) is 1. The van der Waals surface area contributed by atoms with E-state index < -0.39 is 4.92 Å². The molecule has 7 heteroatoms. The van der Waals surface area contributed by atoms with Crippen molar-refractivity contribution in [1.29, 1.82) is 0 Å². The lowest BCUT2D eigenvalue weighted by molar-refractivity contribution is -0.384. The summed E-state index contributed by atoms with van der Waals surface area (Å²) in [6, 6.07) is 13.5. The van der Waals surface area contributed by atoms with Gasteiger partial charge in [0.15, 0.2) is 0 Å². The lowest BCUT2D eigenvalue weighted by atomic mass is 9.97. The fraction of sp³-hybridized carbons (Fsp3) is 0.278. The molecule has 1 saturated heterocycles. The van der Waals surface area contributed by atoms with E-state index in [4.69, 9.17) is 4.74 Å². The number of methoxy groups -OCH3 is 1. The van der Waals surface area contributed by atoms with Gasteiger partial charge in [-0.2, -0.15) is 0 Å². The maximum absolute atomic E-state index is 12.4. The number of carbonyl (C=O) groups is 1. The Morgan fingerprint density at radius 2 is 1.96 bits per heavy atom. The number of nitro groups is 1. The SMILES string of the molecule is COc1ccccc1[C@@H]1CCN(C(=O)Nc2ccc([N+](=O)[O-])cc2)C1. The van der Waals surface area contributed by atoms with Gasteiger partial charge in [-0.1, -0.05) is 18.2 Å². The van der Waals surface area contributed by atoms with E-state index in [0.717, 1.165) is 17.7 Å². The molecule has 2 aromatic carbocycles. The molecule has 1 atom stereocenters. The summed E-state index contributed by atoms with van der Waals surface area (Å²) in [5.41, 5.74) is 1.64. The first-order chi connectivity index (χ1) is 12.1. The van der Waals surface area contributed by atoms with Gasteiger partial charge in [-0.05, 0) is 30.2 Å². The smallest absolute Gasteiger partial charge is 0.321 e. The maximum atomic E-state index is 12.4. The third-order valence-electron chi connectivity index (χ3n) is 4.38. The number of anilines is 1. The minimum atomic E-state index is -0.468. The second-order valence-corrected chi connectivity index (χ2v) is 5.91. The summed E-state index contributed by atoms with van der Waals surface area (Å²) in [4.78, 5) is 24.4. The Kier molecular flexibility index (Phi) is 4.83. The predicted molar refractivity (Wildman–Crippen MR) is 94.0 cm³/mol. The van der Waals surface area contributed by atoms with E-state index in [1.54, 1.807) is 12.0 Å². The summed E-state index contributed by atoms with van der Waals surface area (Å²) in [6.45, 7) is 1.26. The van der Waals surface area contributed by atoms with Gasteiger partial charge in [0.1, 0.15) is 5.75 Å². The maximum Gasteiger partial charge on any atom is 0.321 e. The fourth-order valence-corrected chi connectivity index (χ4v) is 3.07. The average molecular weight is 341 g/mol. The number of hydrogen-bond donors (Lipinski definition) is 1. The minimum absolute atomic E-state index is 0.00425. The Morgan fingerprint density at radius 3 is 2.64 bits per heavy atom. The highest BCUT2D eigenvalue weighted by Gasteiger charge is 2.29. The first-order valence-corrected chi connectivity index (χ1v) is 8.02. The van der Waals surface area contributed by atoms with Crippen LogP contribution in [0.5, 0.6) is 5.75 Å². The van der Waals surface area contributed by atoms with Crippen LogP contribution in [0.1, 0.15) is 17.9 Å². The first kappa shape index (κ1) is 16.8. The van der Waals surface area contributed by atoms with E-state index in [0.29, 0.717) is 18.8 Å². The molecule has 1 heterocycles. The summed E-state index contributed by atoms with van der Waals surface area (Å²) in [7, 11) is 1.65. The van der Waals surface area contributed by atoms with Crippen molar-refractivity contribution in [3.05, 3.63) is 64.2 Å². The molecule has 1 N–H and O–H groups in total. The normalized spacial score (nSPS) is 16.5. The van der Waals surface area contributed by atoms with Crippen LogP contribution in [-0.4, -0.2) is 36.1 Å². The van der Waals surface area contributed by atoms with Crippen LogP contribution < -0.4 is 10.1 Å². The number of non-ortho nitro benzene ring substituents is 1. The number of nitro benzene ring substituents is 1. The zero-order chi connectivity index (χ0) is 17.8. The second-order valence-electron chi connectivity index (χ2n) is 5.91. The van der Waals surface area contributed by atoms with Crippen molar-refractivity contribution >= 4 is 17.4 Å². The predicted octanol–water partition coefficient (Wildman–Crippen LogP) is 3.62. The van der Waals surface area contributed by atoms with E-state index in [2.05, 4.69) is 5.32 Å². The zero-order valence-corrected chi connectivity index (χ0v) is 13.8. The summed E-state index contributed by atoms with van der Waals surface area (Å²) in [5, 5.41) is 13.5. The number of amides is 2. The zero-order valence-electron chi connectivity index (χ0n) is 13.8. The van der Waals surface area contributed by atoms with Crippen LogP contribution in [0.15, 0.2) is 48.5 Å². The second kappa shape index (κ2) is 7.21. The monoisotopic (exact) mass is 341 g/mol. The molecule has 0 unspecified atom stereocenters. The summed E-state index contributed by atoms with van der Waals surface area (Å²) in [5.74, 6) is 1.07. The molecule has 2 aromatic rings. The Labute approximate surface area is 145 Å². The standard InChI is InChI=1S/C18H19N3O4/c1-25-17-5-3-2-4-16(17)13-10-11-20(12-13)18(22)19-14-6-8-15(9-7-14)21(23)24/h2-9,13H,10-12H2,1H3,(H,19,22)/t13-/m1/s1. The third-order valence-corrected chi connectivity index (χ3v) is 4.38. The van der Waals surface area contributed by atoms with Gasteiger partial charge in [0.25, 0.3) is 5.69 Å². The molecule has 0 spiro atoms. The summed E-state index contributed by atoms with van der Waals surface area (Å²) in [6.07, 6.45) is 0.869. The van der Waals surface area contributed by atoms with Gasteiger partial charge in [0.2, 0.25) is 0 Å². The highest BCUT2D eigenvalue weighted by molar-refractivity contribution is 5.89. The number of rotatable bonds is 4. The van der Waals surface area contributed by atoms with Crippen molar-refractivity contribution in [1.82, 2.24) is 4.90 Å². The van der Waals surface area contributed by atoms with E-state index in [-0.39, 0.29) is 17.6 Å². The molecule has 130 valence electrons. The van der Waals surface area contributed by atoms with E-state index in [1.807, 2.05) is 24.3 Å². The molecule has 0 radical (unpaired) electrons. The lowest BCUT2D eigenvalue weighted by Crippen LogP contribution is -2.32. The molecule has 7 nitrogen and oxygen atoms in total. The van der Waals surface area contributed by atoms with Crippen molar-refractivity contribution in [2.24, 2.45) is 0 Å². The van der Waals surface area contributed by atoms with Crippen LogP contribution in [0, 0.1) is 10.1 Å². The Morgan fingerprint density at radius 1 is 1.24 bits per heavy atom. The van der Waals surface area contributed by atoms with Gasteiger partial charge in [0.05, 0.1) is 12.0 Å². The van der Waals surface area contributed by atoms with Crippen molar-refractivity contribution in [2.45, 2.75) is 12.3 Å². The highest BCUT2D eigenvalue weighted by Crippen LogP contribution is 2.33. The van der Waals surface area contributed by atoms with Crippen molar-refractivity contribution in [2.75, 3.05) is 25.5 Å². The number of urea groups is 1. The average Bonchev–Trinajstić information content (AvgIpc) is 3.12. The molecule has 3 rings (SSSR count). The number of para-hydroxylation sites is 1. The number of benzene rings is 2. The number of nitrogens with zero attached hydrogens (tertiary/aromatic N) is 2. The highest BCUT2D eigenvalue weighted by atomic mass is 16.6. The Hall–Kier alpha value is -3.09. The minimum Gasteiger partial charge on any atom is -0.496 e. The van der Waals surface area contributed by atoms with Crippen LogP contribution >= 0.6 is 0 Å².